The molecule has 3 nitrogen and oxygen atoms in total. The summed E-state index contributed by atoms with van der Waals surface area (Å²) in [7, 11) is 0. The molecule has 1 heterocycles. The van der Waals surface area contributed by atoms with Crippen LogP contribution in [0, 0.1) is 11.7 Å². The molecule has 2 aliphatic rings. The summed E-state index contributed by atoms with van der Waals surface area (Å²) >= 11 is 0. The van der Waals surface area contributed by atoms with Crippen molar-refractivity contribution in [3.8, 4) is 0 Å². The molecule has 19 heavy (non-hydrogen) atoms. The Morgan fingerprint density at radius 3 is 2.95 bits per heavy atom. The first-order valence-electron chi connectivity index (χ1n) is 6.75. The molecule has 1 aliphatic heterocycles. The summed E-state index contributed by atoms with van der Waals surface area (Å²) in [6.45, 7) is 0.709. The Bertz CT molecular complexity index is 524. The van der Waals surface area contributed by atoms with E-state index in [2.05, 4.69) is 17.1 Å². The van der Waals surface area contributed by atoms with Crippen molar-refractivity contribution >= 4 is 11.6 Å². The van der Waals surface area contributed by atoms with Crippen molar-refractivity contribution in [2.75, 3.05) is 11.4 Å². The molecule has 1 aromatic rings. The number of anilines is 1. The van der Waals surface area contributed by atoms with Gasteiger partial charge in [-0.1, -0.05) is 18.2 Å². The van der Waals surface area contributed by atoms with Gasteiger partial charge in [-0.2, -0.15) is 0 Å². The van der Waals surface area contributed by atoms with Gasteiger partial charge in [0.25, 0.3) is 0 Å². The lowest BCUT2D eigenvalue weighted by Gasteiger charge is -2.33. The number of allylic oxidation sites excluding steroid dienone is 2. The zero-order valence-corrected chi connectivity index (χ0v) is 10.8. The van der Waals surface area contributed by atoms with Gasteiger partial charge in [-0.05, 0) is 43.4 Å². The summed E-state index contributed by atoms with van der Waals surface area (Å²) in [6.07, 6.45) is 7.77. The first-order chi connectivity index (χ1) is 9.25. The van der Waals surface area contributed by atoms with Gasteiger partial charge in [0.2, 0.25) is 0 Å². The van der Waals surface area contributed by atoms with Gasteiger partial charge >= 0.3 is 0 Å². The van der Waals surface area contributed by atoms with Crippen molar-refractivity contribution in [3.63, 3.8) is 0 Å². The number of aliphatic imine (C=N–C) groups is 1. The van der Waals surface area contributed by atoms with E-state index in [1.165, 1.54) is 12.1 Å². The van der Waals surface area contributed by atoms with Gasteiger partial charge in [0.15, 0.2) is 5.96 Å². The number of hydrogen-bond donors (Lipinski definition) is 1. The normalized spacial score (nSPS) is 26.6. The molecule has 2 atom stereocenters. The van der Waals surface area contributed by atoms with Gasteiger partial charge in [-0.25, -0.2) is 4.39 Å². The quantitative estimate of drug-likeness (QED) is 0.830. The topological polar surface area (TPSA) is 41.6 Å². The van der Waals surface area contributed by atoms with Crippen LogP contribution in [-0.4, -0.2) is 18.5 Å². The van der Waals surface area contributed by atoms with E-state index in [1.54, 1.807) is 6.07 Å². The van der Waals surface area contributed by atoms with E-state index in [9.17, 15) is 4.39 Å². The predicted molar refractivity (Wildman–Crippen MR) is 75.6 cm³/mol. The number of benzene rings is 1. The number of rotatable bonds is 2. The Hall–Kier alpha value is -1.84. The van der Waals surface area contributed by atoms with E-state index in [-0.39, 0.29) is 11.9 Å². The maximum absolute atomic E-state index is 13.4. The highest BCUT2D eigenvalue weighted by molar-refractivity contribution is 5.97. The number of nitrogens with two attached hydrogens (primary N) is 1. The van der Waals surface area contributed by atoms with Crippen LogP contribution >= 0.6 is 0 Å². The molecule has 0 fully saturated rings. The molecule has 0 aromatic heterocycles. The Morgan fingerprint density at radius 1 is 1.32 bits per heavy atom. The van der Waals surface area contributed by atoms with Crippen molar-refractivity contribution in [1.82, 2.24) is 0 Å². The molecule has 0 bridgehead atoms. The van der Waals surface area contributed by atoms with Gasteiger partial charge in [0.05, 0.1) is 12.6 Å². The summed E-state index contributed by atoms with van der Waals surface area (Å²) in [4.78, 5) is 6.35. The van der Waals surface area contributed by atoms with Crippen LogP contribution in [0.5, 0.6) is 0 Å². The molecule has 0 spiro atoms. The number of hydrogen-bond acceptors (Lipinski definition) is 3. The molecule has 100 valence electrons. The third-order valence-electron chi connectivity index (χ3n) is 3.96. The monoisotopic (exact) mass is 259 g/mol. The minimum atomic E-state index is -0.237. The highest BCUT2D eigenvalue weighted by atomic mass is 19.1. The molecule has 0 amide bonds. The Labute approximate surface area is 112 Å². The zero-order valence-electron chi connectivity index (χ0n) is 10.8. The summed E-state index contributed by atoms with van der Waals surface area (Å²) in [6, 6.07) is 6.84. The molecule has 3 rings (SSSR count). The fourth-order valence-corrected chi connectivity index (χ4v) is 2.99. The SMILES string of the molecule is NC1=NCC(C2CC=CCC2)N1c1cccc(F)c1. The lowest BCUT2D eigenvalue weighted by molar-refractivity contribution is 0.403. The summed E-state index contributed by atoms with van der Waals surface area (Å²) in [5, 5.41) is 0. The maximum Gasteiger partial charge on any atom is 0.196 e. The summed E-state index contributed by atoms with van der Waals surface area (Å²) in [5.74, 6) is 0.808. The molecule has 1 aromatic carbocycles. The molecule has 1 aliphatic carbocycles. The second-order valence-electron chi connectivity index (χ2n) is 5.16. The fourth-order valence-electron chi connectivity index (χ4n) is 2.99. The average Bonchev–Trinajstić information content (AvgIpc) is 2.82. The van der Waals surface area contributed by atoms with E-state index in [4.69, 9.17) is 5.73 Å². The fraction of sp³-hybridized carbons (Fsp3) is 0.400. The molecule has 2 unspecified atom stereocenters. The molecule has 2 N–H and O–H groups in total. The standard InChI is InChI=1S/C15H18FN3/c16-12-7-4-8-13(9-12)19-14(10-18-15(19)17)11-5-2-1-3-6-11/h1-2,4,7-9,11,14H,3,5-6,10H2,(H2,17,18). The van der Waals surface area contributed by atoms with Crippen LogP contribution in [0.2, 0.25) is 0 Å². The van der Waals surface area contributed by atoms with Crippen molar-refractivity contribution in [1.29, 1.82) is 0 Å². The second-order valence-corrected chi connectivity index (χ2v) is 5.16. The number of halogens is 1. The lowest BCUT2D eigenvalue weighted by atomic mass is 9.87. The Morgan fingerprint density at radius 2 is 2.21 bits per heavy atom. The smallest absolute Gasteiger partial charge is 0.196 e. The Balaban J connectivity index is 1.88. The van der Waals surface area contributed by atoms with Crippen LogP contribution in [0.15, 0.2) is 41.4 Å². The third kappa shape index (κ3) is 2.35. The van der Waals surface area contributed by atoms with Crippen LogP contribution in [-0.2, 0) is 0 Å². The minimum Gasteiger partial charge on any atom is -0.370 e. The van der Waals surface area contributed by atoms with Gasteiger partial charge < -0.3 is 10.6 Å². The summed E-state index contributed by atoms with van der Waals surface area (Å²) in [5.41, 5.74) is 6.80. The van der Waals surface area contributed by atoms with E-state index in [1.807, 2.05) is 11.0 Å². The van der Waals surface area contributed by atoms with Gasteiger partial charge in [-0.15, -0.1) is 0 Å². The molecule has 0 radical (unpaired) electrons. The average molecular weight is 259 g/mol. The Kier molecular flexibility index (Phi) is 3.23. The molecular formula is C15H18FN3. The largest absolute Gasteiger partial charge is 0.370 e. The van der Waals surface area contributed by atoms with E-state index in [0.717, 1.165) is 24.9 Å². The number of guanidine groups is 1. The summed E-state index contributed by atoms with van der Waals surface area (Å²) < 4.78 is 13.4. The van der Waals surface area contributed by atoms with Crippen molar-refractivity contribution in [2.24, 2.45) is 16.6 Å². The third-order valence-corrected chi connectivity index (χ3v) is 3.96. The lowest BCUT2D eigenvalue weighted by Crippen LogP contribution is -2.45. The van der Waals surface area contributed by atoms with Crippen molar-refractivity contribution < 1.29 is 4.39 Å². The van der Waals surface area contributed by atoms with Gasteiger partial charge in [0, 0.05) is 5.69 Å². The van der Waals surface area contributed by atoms with Crippen LogP contribution < -0.4 is 10.6 Å². The van der Waals surface area contributed by atoms with Gasteiger partial charge in [-0.3, -0.25) is 4.99 Å². The first kappa shape index (κ1) is 12.2. The second kappa shape index (κ2) is 5.03. The molecular weight excluding hydrogens is 241 g/mol. The van der Waals surface area contributed by atoms with Crippen LogP contribution in [0.1, 0.15) is 19.3 Å². The molecule has 4 heteroatoms. The van der Waals surface area contributed by atoms with Crippen molar-refractivity contribution in [2.45, 2.75) is 25.3 Å². The van der Waals surface area contributed by atoms with Gasteiger partial charge in [0.1, 0.15) is 5.82 Å². The zero-order chi connectivity index (χ0) is 13.2. The molecule has 0 saturated carbocycles. The highest BCUT2D eigenvalue weighted by Gasteiger charge is 2.33. The van der Waals surface area contributed by atoms with Crippen LogP contribution in [0.4, 0.5) is 10.1 Å². The number of nitrogens with zero attached hydrogens (tertiary/aromatic N) is 2. The van der Waals surface area contributed by atoms with Crippen LogP contribution in [0.25, 0.3) is 0 Å². The van der Waals surface area contributed by atoms with E-state index < -0.39 is 0 Å². The highest BCUT2D eigenvalue weighted by Crippen LogP contribution is 2.31. The van der Waals surface area contributed by atoms with Crippen molar-refractivity contribution in [3.05, 3.63) is 42.2 Å². The van der Waals surface area contributed by atoms with Crippen LogP contribution in [0.3, 0.4) is 0 Å². The molecule has 0 saturated heterocycles. The van der Waals surface area contributed by atoms with E-state index in [0.29, 0.717) is 18.4 Å². The predicted octanol–water partition coefficient (Wildman–Crippen LogP) is 2.69. The minimum absolute atomic E-state index is 0.237. The maximum atomic E-state index is 13.4. The van der Waals surface area contributed by atoms with E-state index >= 15 is 0 Å². The first-order valence-corrected chi connectivity index (χ1v) is 6.75.